The van der Waals surface area contributed by atoms with E-state index in [2.05, 4.69) is 32.0 Å². The molecule has 0 spiro atoms. The van der Waals surface area contributed by atoms with Gasteiger partial charge in [0.15, 0.2) is 0 Å². The Kier molecular flexibility index (Phi) is 6.06. The molecule has 1 aromatic rings. The number of methoxy groups -OCH3 is 1. The molecule has 0 aliphatic heterocycles. The first-order valence-electron chi connectivity index (χ1n) is 6.60. The SMILES string of the molecule is CCCC(c1cccc(OC)c1)C(CC)CN. The van der Waals surface area contributed by atoms with Gasteiger partial charge in [0, 0.05) is 0 Å². The van der Waals surface area contributed by atoms with Crippen LogP contribution in [0.3, 0.4) is 0 Å². The first kappa shape index (κ1) is 14.0. The summed E-state index contributed by atoms with van der Waals surface area (Å²) >= 11 is 0. The lowest BCUT2D eigenvalue weighted by Gasteiger charge is -2.25. The Morgan fingerprint density at radius 1 is 1.29 bits per heavy atom. The summed E-state index contributed by atoms with van der Waals surface area (Å²) in [4.78, 5) is 0. The van der Waals surface area contributed by atoms with Crippen molar-refractivity contribution < 1.29 is 4.74 Å². The molecule has 1 aromatic carbocycles. The molecule has 0 aliphatic rings. The highest BCUT2D eigenvalue weighted by molar-refractivity contribution is 5.31. The third kappa shape index (κ3) is 3.74. The largest absolute Gasteiger partial charge is 0.497 e. The fourth-order valence-corrected chi connectivity index (χ4v) is 2.47. The highest BCUT2D eigenvalue weighted by atomic mass is 16.5. The van der Waals surface area contributed by atoms with Crippen molar-refractivity contribution in [2.24, 2.45) is 11.7 Å². The molecule has 2 nitrogen and oxygen atoms in total. The van der Waals surface area contributed by atoms with Crippen LogP contribution >= 0.6 is 0 Å². The fourth-order valence-electron chi connectivity index (χ4n) is 2.47. The third-order valence-electron chi connectivity index (χ3n) is 3.52. The molecule has 0 amide bonds. The molecule has 17 heavy (non-hydrogen) atoms. The second-order valence-electron chi connectivity index (χ2n) is 4.58. The van der Waals surface area contributed by atoms with Crippen molar-refractivity contribution in [3.05, 3.63) is 29.8 Å². The molecular weight excluding hydrogens is 210 g/mol. The van der Waals surface area contributed by atoms with Crippen molar-refractivity contribution >= 4 is 0 Å². The topological polar surface area (TPSA) is 35.2 Å². The van der Waals surface area contributed by atoms with E-state index in [0.717, 1.165) is 18.7 Å². The summed E-state index contributed by atoms with van der Waals surface area (Å²) in [6.07, 6.45) is 3.53. The van der Waals surface area contributed by atoms with Gasteiger partial charge in [-0.2, -0.15) is 0 Å². The summed E-state index contributed by atoms with van der Waals surface area (Å²) in [7, 11) is 1.72. The molecule has 96 valence electrons. The van der Waals surface area contributed by atoms with Crippen LogP contribution in [0, 0.1) is 5.92 Å². The van der Waals surface area contributed by atoms with Crippen LogP contribution in [-0.4, -0.2) is 13.7 Å². The average molecular weight is 235 g/mol. The fraction of sp³-hybridized carbons (Fsp3) is 0.600. The van der Waals surface area contributed by atoms with Gasteiger partial charge in [-0.3, -0.25) is 0 Å². The summed E-state index contributed by atoms with van der Waals surface area (Å²) in [5.74, 6) is 2.07. The van der Waals surface area contributed by atoms with Crippen LogP contribution in [0.5, 0.6) is 5.75 Å². The Morgan fingerprint density at radius 3 is 2.59 bits per heavy atom. The zero-order valence-electron chi connectivity index (χ0n) is 11.3. The molecule has 1 rings (SSSR count). The second kappa shape index (κ2) is 7.33. The van der Waals surface area contributed by atoms with E-state index in [4.69, 9.17) is 10.5 Å². The first-order chi connectivity index (χ1) is 8.26. The maximum absolute atomic E-state index is 5.89. The van der Waals surface area contributed by atoms with Crippen LogP contribution in [0.15, 0.2) is 24.3 Å². The van der Waals surface area contributed by atoms with Gasteiger partial charge in [0.05, 0.1) is 7.11 Å². The molecule has 0 radical (unpaired) electrons. The molecule has 0 aliphatic carbocycles. The summed E-state index contributed by atoms with van der Waals surface area (Å²) < 4.78 is 5.30. The molecule has 0 fully saturated rings. The third-order valence-corrected chi connectivity index (χ3v) is 3.52. The smallest absolute Gasteiger partial charge is 0.119 e. The number of benzene rings is 1. The molecule has 2 heteroatoms. The lowest BCUT2D eigenvalue weighted by molar-refractivity contribution is 0.389. The van der Waals surface area contributed by atoms with Crippen molar-refractivity contribution in [3.63, 3.8) is 0 Å². The van der Waals surface area contributed by atoms with Gasteiger partial charge >= 0.3 is 0 Å². The monoisotopic (exact) mass is 235 g/mol. The highest BCUT2D eigenvalue weighted by Crippen LogP contribution is 2.32. The zero-order valence-corrected chi connectivity index (χ0v) is 11.3. The quantitative estimate of drug-likeness (QED) is 0.784. The molecule has 0 heterocycles. The molecule has 0 aromatic heterocycles. The molecule has 0 saturated carbocycles. The van der Waals surface area contributed by atoms with Crippen LogP contribution in [0.2, 0.25) is 0 Å². The predicted molar refractivity (Wildman–Crippen MR) is 73.5 cm³/mol. The van der Waals surface area contributed by atoms with Crippen molar-refractivity contribution in [3.8, 4) is 5.75 Å². The Labute approximate surface area is 105 Å². The second-order valence-corrected chi connectivity index (χ2v) is 4.58. The first-order valence-corrected chi connectivity index (χ1v) is 6.60. The van der Waals surface area contributed by atoms with Crippen molar-refractivity contribution in [2.75, 3.05) is 13.7 Å². The van der Waals surface area contributed by atoms with E-state index in [0.29, 0.717) is 11.8 Å². The van der Waals surface area contributed by atoms with Gasteiger partial charge in [0.2, 0.25) is 0 Å². The van der Waals surface area contributed by atoms with Gasteiger partial charge in [0.1, 0.15) is 5.75 Å². The molecule has 0 bridgehead atoms. The van der Waals surface area contributed by atoms with Gasteiger partial charge in [-0.25, -0.2) is 0 Å². The summed E-state index contributed by atoms with van der Waals surface area (Å²) in [6, 6.07) is 8.41. The molecule has 2 unspecified atom stereocenters. The Balaban J connectivity index is 2.94. The van der Waals surface area contributed by atoms with Crippen LogP contribution in [-0.2, 0) is 0 Å². The number of ether oxygens (including phenoxy) is 1. The lowest BCUT2D eigenvalue weighted by Crippen LogP contribution is -2.21. The van der Waals surface area contributed by atoms with Gasteiger partial charge in [0.25, 0.3) is 0 Å². The zero-order chi connectivity index (χ0) is 12.7. The minimum absolute atomic E-state index is 0.560. The van der Waals surface area contributed by atoms with Crippen LogP contribution < -0.4 is 10.5 Å². The summed E-state index contributed by atoms with van der Waals surface area (Å²) in [6.45, 7) is 5.22. The number of rotatable bonds is 7. The minimum Gasteiger partial charge on any atom is -0.497 e. The maximum Gasteiger partial charge on any atom is 0.119 e. The molecule has 2 N–H and O–H groups in total. The number of nitrogens with two attached hydrogens (primary N) is 1. The number of hydrogen-bond acceptors (Lipinski definition) is 2. The Morgan fingerprint density at radius 2 is 2.06 bits per heavy atom. The summed E-state index contributed by atoms with van der Waals surface area (Å²) in [5, 5.41) is 0. The van der Waals surface area contributed by atoms with E-state index < -0.39 is 0 Å². The van der Waals surface area contributed by atoms with Crippen LogP contribution in [0.25, 0.3) is 0 Å². The summed E-state index contributed by atoms with van der Waals surface area (Å²) in [5.41, 5.74) is 7.26. The van der Waals surface area contributed by atoms with Gasteiger partial charge < -0.3 is 10.5 Å². The molecular formula is C15H25NO. The predicted octanol–water partition coefficient (Wildman–Crippen LogP) is 3.56. The van der Waals surface area contributed by atoms with E-state index >= 15 is 0 Å². The van der Waals surface area contributed by atoms with Crippen molar-refractivity contribution in [1.29, 1.82) is 0 Å². The van der Waals surface area contributed by atoms with E-state index in [-0.39, 0.29) is 0 Å². The highest BCUT2D eigenvalue weighted by Gasteiger charge is 2.20. The Bertz CT molecular complexity index is 320. The maximum atomic E-state index is 5.89. The van der Waals surface area contributed by atoms with E-state index in [1.54, 1.807) is 7.11 Å². The van der Waals surface area contributed by atoms with Crippen molar-refractivity contribution in [2.45, 2.75) is 39.0 Å². The van der Waals surface area contributed by atoms with Crippen LogP contribution in [0.1, 0.15) is 44.6 Å². The minimum atomic E-state index is 0.560. The Hall–Kier alpha value is -1.02. The van der Waals surface area contributed by atoms with Crippen molar-refractivity contribution in [1.82, 2.24) is 0 Å². The van der Waals surface area contributed by atoms with E-state index in [1.807, 2.05) is 6.07 Å². The van der Waals surface area contributed by atoms with Gasteiger partial charge in [-0.15, -0.1) is 0 Å². The van der Waals surface area contributed by atoms with E-state index in [9.17, 15) is 0 Å². The van der Waals surface area contributed by atoms with Gasteiger partial charge in [-0.05, 0) is 42.5 Å². The lowest BCUT2D eigenvalue weighted by atomic mass is 9.81. The standard InChI is InChI=1S/C15H25NO/c1-4-7-15(12(5-2)11-16)13-8-6-9-14(10-13)17-3/h6,8-10,12,15H,4-5,7,11,16H2,1-3H3. The van der Waals surface area contributed by atoms with Gasteiger partial charge in [-0.1, -0.05) is 38.8 Å². The normalized spacial score (nSPS) is 14.4. The number of hydrogen-bond donors (Lipinski definition) is 1. The molecule has 2 atom stereocenters. The average Bonchev–Trinajstić information content (AvgIpc) is 2.39. The van der Waals surface area contributed by atoms with Crippen LogP contribution in [0.4, 0.5) is 0 Å². The molecule has 0 saturated heterocycles. The van der Waals surface area contributed by atoms with E-state index in [1.165, 1.54) is 18.4 Å².